The molecule has 0 radical (unpaired) electrons. The SMILES string of the molecule is CCc1nc(CC)n(Cc2cc(C)c(CNC3CC3)o2)n1. The number of hydrogen-bond acceptors (Lipinski definition) is 4. The van der Waals surface area contributed by atoms with Crippen molar-refractivity contribution in [3.05, 3.63) is 34.8 Å². The Kier molecular flexibility index (Phi) is 4.10. The lowest BCUT2D eigenvalue weighted by atomic mass is 10.2. The molecule has 0 atom stereocenters. The maximum atomic E-state index is 5.99. The van der Waals surface area contributed by atoms with Gasteiger partial charge in [0, 0.05) is 18.9 Å². The summed E-state index contributed by atoms with van der Waals surface area (Å²) in [6, 6.07) is 2.82. The van der Waals surface area contributed by atoms with Crippen molar-refractivity contribution in [2.45, 2.75) is 65.6 Å². The summed E-state index contributed by atoms with van der Waals surface area (Å²) < 4.78 is 7.96. The van der Waals surface area contributed by atoms with E-state index in [0.717, 1.165) is 42.6 Å². The summed E-state index contributed by atoms with van der Waals surface area (Å²) in [5.74, 6) is 3.94. The topological polar surface area (TPSA) is 55.9 Å². The van der Waals surface area contributed by atoms with Gasteiger partial charge in [0.25, 0.3) is 0 Å². The lowest BCUT2D eigenvalue weighted by Gasteiger charge is -2.02. The van der Waals surface area contributed by atoms with E-state index in [-0.39, 0.29) is 0 Å². The van der Waals surface area contributed by atoms with E-state index in [2.05, 4.69) is 42.2 Å². The van der Waals surface area contributed by atoms with Crippen LogP contribution in [0.4, 0.5) is 0 Å². The monoisotopic (exact) mass is 288 g/mol. The molecule has 0 aliphatic heterocycles. The molecular formula is C16H24N4O. The number of nitrogens with one attached hydrogen (secondary N) is 1. The second-order valence-electron chi connectivity index (χ2n) is 5.78. The Hall–Kier alpha value is -1.62. The molecule has 5 heteroatoms. The largest absolute Gasteiger partial charge is 0.462 e. The number of rotatable bonds is 7. The van der Waals surface area contributed by atoms with Crippen molar-refractivity contribution in [3.63, 3.8) is 0 Å². The lowest BCUT2D eigenvalue weighted by Crippen LogP contribution is -2.15. The minimum absolute atomic E-state index is 0.667. The Labute approximate surface area is 125 Å². The van der Waals surface area contributed by atoms with Gasteiger partial charge in [-0.1, -0.05) is 13.8 Å². The van der Waals surface area contributed by atoms with Crippen LogP contribution in [0.3, 0.4) is 0 Å². The molecule has 5 nitrogen and oxygen atoms in total. The molecule has 2 aromatic heterocycles. The van der Waals surface area contributed by atoms with Gasteiger partial charge < -0.3 is 9.73 Å². The van der Waals surface area contributed by atoms with E-state index >= 15 is 0 Å². The third-order valence-corrected chi connectivity index (χ3v) is 3.93. The summed E-state index contributed by atoms with van der Waals surface area (Å²) >= 11 is 0. The van der Waals surface area contributed by atoms with E-state index in [0.29, 0.717) is 12.6 Å². The molecule has 0 unspecified atom stereocenters. The number of hydrogen-bond donors (Lipinski definition) is 1. The second-order valence-corrected chi connectivity index (χ2v) is 5.78. The van der Waals surface area contributed by atoms with Crippen LogP contribution in [0.1, 0.15) is 55.4 Å². The molecule has 1 aliphatic carbocycles. The van der Waals surface area contributed by atoms with Gasteiger partial charge in [0.15, 0.2) is 5.82 Å². The first-order valence-electron chi connectivity index (χ1n) is 7.93. The van der Waals surface area contributed by atoms with Gasteiger partial charge >= 0.3 is 0 Å². The van der Waals surface area contributed by atoms with Gasteiger partial charge in [0.05, 0.1) is 6.54 Å². The van der Waals surface area contributed by atoms with E-state index in [1.54, 1.807) is 0 Å². The van der Waals surface area contributed by atoms with Gasteiger partial charge in [0.2, 0.25) is 0 Å². The van der Waals surface area contributed by atoms with Crippen LogP contribution < -0.4 is 5.32 Å². The lowest BCUT2D eigenvalue weighted by molar-refractivity contribution is 0.424. The standard InChI is InChI=1S/C16H24N4O/c1-4-15-18-16(5-2)20(19-15)10-13-8-11(3)14(21-13)9-17-12-6-7-12/h8,12,17H,4-7,9-10H2,1-3H3. The Bertz CT molecular complexity index is 610. The van der Waals surface area contributed by atoms with Crippen molar-refractivity contribution in [2.75, 3.05) is 0 Å². The van der Waals surface area contributed by atoms with Crippen molar-refractivity contribution in [1.82, 2.24) is 20.1 Å². The molecule has 3 rings (SSSR count). The second kappa shape index (κ2) is 6.02. The van der Waals surface area contributed by atoms with Crippen molar-refractivity contribution >= 4 is 0 Å². The van der Waals surface area contributed by atoms with Crippen molar-refractivity contribution < 1.29 is 4.42 Å². The summed E-state index contributed by atoms with van der Waals surface area (Å²) in [6.07, 6.45) is 4.35. The first-order valence-corrected chi connectivity index (χ1v) is 7.93. The van der Waals surface area contributed by atoms with Crippen LogP contribution in [0.2, 0.25) is 0 Å². The minimum atomic E-state index is 0.667. The Morgan fingerprint density at radius 1 is 1.33 bits per heavy atom. The van der Waals surface area contributed by atoms with Crippen LogP contribution in [0.5, 0.6) is 0 Å². The molecular weight excluding hydrogens is 264 g/mol. The molecule has 0 bridgehead atoms. The van der Waals surface area contributed by atoms with E-state index in [1.807, 2.05) is 4.68 Å². The molecule has 1 fully saturated rings. The van der Waals surface area contributed by atoms with Crippen LogP contribution in [0, 0.1) is 6.92 Å². The Balaban J connectivity index is 1.71. The molecule has 1 N–H and O–H groups in total. The fourth-order valence-corrected chi connectivity index (χ4v) is 2.48. The van der Waals surface area contributed by atoms with Gasteiger partial charge in [0.1, 0.15) is 23.9 Å². The fourth-order valence-electron chi connectivity index (χ4n) is 2.48. The molecule has 0 aromatic carbocycles. The maximum absolute atomic E-state index is 5.99. The quantitative estimate of drug-likeness (QED) is 0.851. The highest BCUT2D eigenvalue weighted by Gasteiger charge is 2.21. The minimum Gasteiger partial charge on any atom is -0.462 e. The molecule has 1 saturated carbocycles. The van der Waals surface area contributed by atoms with E-state index < -0.39 is 0 Å². The third kappa shape index (κ3) is 3.35. The van der Waals surface area contributed by atoms with Crippen LogP contribution in [-0.4, -0.2) is 20.8 Å². The molecule has 0 amide bonds. The van der Waals surface area contributed by atoms with Crippen molar-refractivity contribution in [2.24, 2.45) is 0 Å². The van der Waals surface area contributed by atoms with Crippen LogP contribution in [-0.2, 0) is 25.9 Å². The number of nitrogens with zero attached hydrogens (tertiary/aromatic N) is 3. The fraction of sp³-hybridized carbons (Fsp3) is 0.625. The Morgan fingerprint density at radius 3 is 2.81 bits per heavy atom. The molecule has 2 aromatic rings. The number of aromatic nitrogens is 3. The molecule has 2 heterocycles. The zero-order valence-electron chi connectivity index (χ0n) is 13.1. The molecule has 21 heavy (non-hydrogen) atoms. The predicted molar refractivity (Wildman–Crippen MR) is 81.2 cm³/mol. The van der Waals surface area contributed by atoms with Crippen LogP contribution in [0.15, 0.2) is 10.5 Å². The summed E-state index contributed by atoms with van der Waals surface area (Å²) in [7, 11) is 0. The normalized spacial score (nSPS) is 14.8. The van der Waals surface area contributed by atoms with E-state index in [9.17, 15) is 0 Å². The van der Waals surface area contributed by atoms with Gasteiger partial charge in [-0.25, -0.2) is 9.67 Å². The van der Waals surface area contributed by atoms with Crippen LogP contribution in [0.25, 0.3) is 0 Å². The van der Waals surface area contributed by atoms with Crippen molar-refractivity contribution in [3.8, 4) is 0 Å². The van der Waals surface area contributed by atoms with E-state index in [4.69, 9.17) is 4.42 Å². The first kappa shape index (κ1) is 14.3. The maximum Gasteiger partial charge on any atom is 0.150 e. The zero-order valence-corrected chi connectivity index (χ0v) is 13.1. The van der Waals surface area contributed by atoms with Gasteiger partial charge in [-0.15, -0.1) is 0 Å². The molecule has 114 valence electrons. The highest BCUT2D eigenvalue weighted by Crippen LogP contribution is 2.21. The molecule has 0 saturated heterocycles. The number of furan rings is 1. The summed E-state index contributed by atoms with van der Waals surface area (Å²) in [5.41, 5.74) is 1.21. The predicted octanol–water partition coefficient (Wildman–Crippen LogP) is 2.60. The summed E-state index contributed by atoms with van der Waals surface area (Å²) in [6.45, 7) is 7.79. The highest BCUT2D eigenvalue weighted by atomic mass is 16.3. The number of aryl methyl sites for hydroxylation is 3. The van der Waals surface area contributed by atoms with Crippen LogP contribution >= 0.6 is 0 Å². The van der Waals surface area contributed by atoms with Gasteiger partial charge in [-0.3, -0.25) is 0 Å². The Morgan fingerprint density at radius 2 is 2.14 bits per heavy atom. The van der Waals surface area contributed by atoms with Gasteiger partial charge in [-0.05, 0) is 31.4 Å². The third-order valence-electron chi connectivity index (χ3n) is 3.93. The summed E-state index contributed by atoms with van der Waals surface area (Å²) in [5, 5.41) is 8.05. The van der Waals surface area contributed by atoms with E-state index in [1.165, 1.54) is 18.4 Å². The van der Waals surface area contributed by atoms with Crippen molar-refractivity contribution in [1.29, 1.82) is 0 Å². The molecule has 0 spiro atoms. The smallest absolute Gasteiger partial charge is 0.150 e. The summed E-state index contributed by atoms with van der Waals surface area (Å²) in [4.78, 5) is 4.54. The average Bonchev–Trinajstić information content (AvgIpc) is 3.13. The van der Waals surface area contributed by atoms with Gasteiger partial charge in [-0.2, -0.15) is 5.10 Å². The zero-order chi connectivity index (χ0) is 14.8. The first-order chi connectivity index (χ1) is 10.2. The molecule has 1 aliphatic rings. The average molecular weight is 288 g/mol. The highest BCUT2D eigenvalue weighted by molar-refractivity contribution is 5.20.